The lowest BCUT2D eigenvalue weighted by molar-refractivity contribution is -0.174. The van der Waals surface area contributed by atoms with Gasteiger partial charge in [0.2, 0.25) is 5.91 Å². The second-order valence-electron chi connectivity index (χ2n) is 3.23. The average Bonchev–Trinajstić information content (AvgIpc) is 2.44. The Morgan fingerprint density at radius 2 is 2.21 bits per heavy atom. The molecule has 1 rings (SSSR count). The number of hydrogen-bond acceptors (Lipinski definition) is 2. The first kappa shape index (κ1) is 11.3. The van der Waals surface area contributed by atoms with Crippen molar-refractivity contribution in [2.75, 3.05) is 19.8 Å². The summed E-state index contributed by atoms with van der Waals surface area (Å²) in [5, 5.41) is 2.61. The first-order valence-electron chi connectivity index (χ1n) is 4.41. The number of alkyl halides is 3. The Bertz CT molecular complexity index is 205. The molecule has 1 N–H and O–H groups in total. The Kier molecular flexibility index (Phi) is 3.74. The number of nitrogens with one attached hydrogen (secondary N) is 1. The molecule has 0 radical (unpaired) electrons. The van der Waals surface area contributed by atoms with Gasteiger partial charge in [0.1, 0.15) is 6.61 Å². The van der Waals surface area contributed by atoms with Crippen LogP contribution in [0.3, 0.4) is 0 Å². The third kappa shape index (κ3) is 3.95. The molecule has 1 fully saturated rings. The molecule has 1 heterocycles. The van der Waals surface area contributed by atoms with Gasteiger partial charge < -0.3 is 10.1 Å². The zero-order valence-corrected chi connectivity index (χ0v) is 7.56. The normalized spacial score (nSPS) is 22.5. The quantitative estimate of drug-likeness (QED) is 0.707. The molecule has 0 aromatic rings. The number of carbonyl (C=O) groups is 1. The number of ether oxygens (including phenoxy) is 1. The van der Waals surface area contributed by atoms with E-state index in [0.717, 1.165) is 0 Å². The third-order valence-electron chi connectivity index (χ3n) is 2.04. The molecule has 1 atom stereocenters. The lowest BCUT2D eigenvalue weighted by atomic mass is 10.1. The highest BCUT2D eigenvalue weighted by Gasteiger charge is 2.28. The highest BCUT2D eigenvalue weighted by Crippen LogP contribution is 2.17. The third-order valence-corrected chi connectivity index (χ3v) is 2.04. The van der Waals surface area contributed by atoms with Gasteiger partial charge in [0.15, 0.2) is 0 Å². The van der Waals surface area contributed by atoms with Gasteiger partial charge in [-0.05, 0) is 12.8 Å². The summed E-state index contributed by atoms with van der Waals surface area (Å²) in [6.45, 7) is -0.637. The molecule has 1 amide bonds. The van der Waals surface area contributed by atoms with Crippen LogP contribution >= 0.6 is 0 Å². The Hall–Kier alpha value is -0.780. The van der Waals surface area contributed by atoms with Crippen LogP contribution in [0, 0.1) is 5.92 Å². The molecule has 0 bridgehead atoms. The molecule has 14 heavy (non-hydrogen) atoms. The van der Waals surface area contributed by atoms with E-state index in [-0.39, 0.29) is 18.4 Å². The fraction of sp³-hybridized carbons (Fsp3) is 0.875. The standard InChI is InChI=1S/C8H12F3NO2/c9-8(10,11)5-14-4-2-6-1-3-12-7(6)13/h6H,1-5H2,(H,12,13). The van der Waals surface area contributed by atoms with Crippen molar-refractivity contribution >= 4 is 5.91 Å². The van der Waals surface area contributed by atoms with Crippen LogP contribution in [-0.2, 0) is 9.53 Å². The molecule has 82 valence electrons. The molecular weight excluding hydrogens is 199 g/mol. The van der Waals surface area contributed by atoms with Crippen molar-refractivity contribution in [2.45, 2.75) is 19.0 Å². The second kappa shape index (κ2) is 4.63. The fourth-order valence-corrected chi connectivity index (χ4v) is 1.33. The molecular formula is C8H12F3NO2. The van der Waals surface area contributed by atoms with E-state index in [0.29, 0.717) is 19.4 Å². The van der Waals surface area contributed by atoms with Crippen LogP contribution in [-0.4, -0.2) is 31.8 Å². The molecule has 1 aliphatic rings. The first-order valence-corrected chi connectivity index (χ1v) is 4.41. The number of amides is 1. The summed E-state index contributed by atoms with van der Waals surface area (Å²) >= 11 is 0. The Labute approximate surface area is 79.6 Å². The maximum Gasteiger partial charge on any atom is 0.411 e. The van der Waals surface area contributed by atoms with Crippen LogP contribution in [0.5, 0.6) is 0 Å². The molecule has 0 aromatic heterocycles. The predicted molar refractivity (Wildman–Crippen MR) is 42.6 cm³/mol. The lowest BCUT2D eigenvalue weighted by Gasteiger charge is -2.09. The molecule has 0 aliphatic carbocycles. The zero-order chi connectivity index (χ0) is 10.6. The van der Waals surface area contributed by atoms with Crippen molar-refractivity contribution in [1.29, 1.82) is 0 Å². The molecule has 0 aromatic carbocycles. The molecule has 0 saturated carbocycles. The van der Waals surface area contributed by atoms with E-state index >= 15 is 0 Å². The number of rotatable bonds is 4. The highest BCUT2D eigenvalue weighted by molar-refractivity contribution is 5.80. The van der Waals surface area contributed by atoms with Gasteiger partial charge in [-0.3, -0.25) is 4.79 Å². The Morgan fingerprint density at radius 1 is 1.50 bits per heavy atom. The summed E-state index contributed by atoms with van der Waals surface area (Å²) in [5.74, 6) is -0.260. The summed E-state index contributed by atoms with van der Waals surface area (Å²) in [7, 11) is 0. The van der Waals surface area contributed by atoms with Crippen molar-refractivity contribution in [3.63, 3.8) is 0 Å². The van der Waals surface area contributed by atoms with Crippen molar-refractivity contribution in [3.8, 4) is 0 Å². The van der Waals surface area contributed by atoms with Crippen LogP contribution in [0.1, 0.15) is 12.8 Å². The van der Waals surface area contributed by atoms with Crippen molar-refractivity contribution in [2.24, 2.45) is 5.92 Å². The van der Waals surface area contributed by atoms with E-state index in [1.807, 2.05) is 0 Å². The van der Waals surface area contributed by atoms with Gasteiger partial charge in [-0.25, -0.2) is 0 Å². The molecule has 3 nitrogen and oxygen atoms in total. The van der Waals surface area contributed by atoms with Crippen LogP contribution in [0.15, 0.2) is 0 Å². The smallest absolute Gasteiger partial charge is 0.372 e. The predicted octanol–water partition coefficient (Wildman–Crippen LogP) is 1.09. The molecule has 0 spiro atoms. The summed E-state index contributed by atoms with van der Waals surface area (Å²) in [4.78, 5) is 11.0. The van der Waals surface area contributed by atoms with Gasteiger partial charge in [0.25, 0.3) is 0 Å². The Balaban J connectivity index is 2.07. The summed E-state index contributed by atoms with van der Waals surface area (Å²) in [6.07, 6.45) is -3.23. The second-order valence-corrected chi connectivity index (χ2v) is 3.23. The fourth-order valence-electron chi connectivity index (χ4n) is 1.33. The van der Waals surface area contributed by atoms with Gasteiger partial charge in [-0.15, -0.1) is 0 Å². The van der Waals surface area contributed by atoms with E-state index in [1.54, 1.807) is 0 Å². The van der Waals surface area contributed by atoms with E-state index in [2.05, 4.69) is 10.1 Å². The van der Waals surface area contributed by atoms with Crippen LogP contribution in [0.2, 0.25) is 0 Å². The SMILES string of the molecule is O=C1NCCC1CCOCC(F)(F)F. The monoisotopic (exact) mass is 211 g/mol. The first-order chi connectivity index (χ1) is 6.49. The summed E-state index contributed by atoms with van der Waals surface area (Å²) in [6, 6.07) is 0. The minimum atomic E-state index is -4.28. The maximum atomic E-state index is 11.6. The maximum absolute atomic E-state index is 11.6. The summed E-state index contributed by atoms with van der Waals surface area (Å²) < 4.78 is 39.3. The number of halogens is 3. The topological polar surface area (TPSA) is 38.3 Å². The van der Waals surface area contributed by atoms with Crippen LogP contribution < -0.4 is 5.32 Å². The minimum absolute atomic E-state index is 0.0163. The van der Waals surface area contributed by atoms with Gasteiger partial charge in [0.05, 0.1) is 0 Å². The minimum Gasteiger partial charge on any atom is -0.372 e. The van der Waals surface area contributed by atoms with E-state index in [4.69, 9.17) is 0 Å². The van der Waals surface area contributed by atoms with Crippen LogP contribution in [0.25, 0.3) is 0 Å². The van der Waals surface area contributed by atoms with Gasteiger partial charge >= 0.3 is 6.18 Å². The van der Waals surface area contributed by atoms with Crippen molar-refractivity contribution in [1.82, 2.24) is 5.32 Å². The molecule has 1 saturated heterocycles. The average molecular weight is 211 g/mol. The molecule has 1 aliphatic heterocycles. The van der Waals surface area contributed by atoms with Crippen LogP contribution in [0.4, 0.5) is 13.2 Å². The lowest BCUT2D eigenvalue weighted by Crippen LogP contribution is -2.22. The van der Waals surface area contributed by atoms with Gasteiger partial charge in [0, 0.05) is 19.1 Å². The number of carbonyl (C=O) groups excluding carboxylic acids is 1. The van der Waals surface area contributed by atoms with E-state index in [9.17, 15) is 18.0 Å². The largest absolute Gasteiger partial charge is 0.411 e. The van der Waals surface area contributed by atoms with Crippen molar-refractivity contribution in [3.05, 3.63) is 0 Å². The van der Waals surface area contributed by atoms with E-state index < -0.39 is 12.8 Å². The van der Waals surface area contributed by atoms with Gasteiger partial charge in [-0.2, -0.15) is 13.2 Å². The number of hydrogen-bond donors (Lipinski definition) is 1. The zero-order valence-electron chi connectivity index (χ0n) is 7.56. The van der Waals surface area contributed by atoms with Crippen molar-refractivity contribution < 1.29 is 22.7 Å². The Morgan fingerprint density at radius 3 is 2.71 bits per heavy atom. The van der Waals surface area contributed by atoms with Gasteiger partial charge in [-0.1, -0.05) is 0 Å². The highest BCUT2D eigenvalue weighted by atomic mass is 19.4. The van der Waals surface area contributed by atoms with E-state index in [1.165, 1.54) is 0 Å². The molecule has 6 heteroatoms. The molecule has 1 unspecified atom stereocenters. The summed E-state index contributed by atoms with van der Waals surface area (Å²) in [5.41, 5.74) is 0.